The molecule has 0 saturated heterocycles. The van der Waals surface area contributed by atoms with Crippen LogP contribution in [0.4, 0.5) is 0 Å². The van der Waals surface area contributed by atoms with Gasteiger partial charge in [0, 0.05) is 19.6 Å². The van der Waals surface area contributed by atoms with E-state index < -0.39 is 23.9 Å². The molecule has 0 spiro atoms. The molecule has 47 heavy (non-hydrogen) atoms. The van der Waals surface area contributed by atoms with Gasteiger partial charge in [-0.1, -0.05) is 103 Å². The van der Waals surface area contributed by atoms with Gasteiger partial charge in [-0.15, -0.1) is 0 Å². The Balaban J connectivity index is 0.000000428. The number of hydrogen-bond acceptors (Lipinski definition) is 6. The highest BCUT2D eigenvalue weighted by atomic mass is 16.4. The van der Waals surface area contributed by atoms with Crippen LogP contribution in [0.15, 0.2) is 109 Å². The normalized spacial score (nSPS) is 10.3. The molecular formula is C37H38N2O8. The molecule has 0 heterocycles. The van der Waals surface area contributed by atoms with Gasteiger partial charge in [0.15, 0.2) is 0 Å². The molecule has 0 unspecified atom stereocenters. The Labute approximate surface area is 272 Å². The zero-order valence-electron chi connectivity index (χ0n) is 25.8. The Morgan fingerprint density at radius 2 is 0.936 bits per heavy atom. The van der Waals surface area contributed by atoms with Crippen LogP contribution in [0.25, 0.3) is 21.5 Å². The van der Waals surface area contributed by atoms with Gasteiger partial charge in [0.2, 0.25) is 0 Å². The molecule has 10 heteroatoms. The smallest absolute Gasteiger partial charge is 0.414 e. The number of aliphatic carboxylic acids is 4. The summed E-state index contributed by atoms with van der Waals surface area (Å²) in [7, 11) is 0. The zero-order chi connectivity index (χ0) is 34.0. The number of carboxylic acid groups (broad SMARTS) is 4. The molecule has 0 fully saturated rings. The second-order valence-electron chi connectivity index (χ2n) is 10.6. The van der Waals surface area contributed by atoms with Crippen molar-refractivity contribution in [3.8, 4) is 0 Å². The van der Waals surface area contributed by atoms with E-state index in [2.05, 4.69) is 120 Å². The average molecular weight is 639 g/mol. The van der Waals surface area contributed by atoms with E-state index in [1.54, 1.807) is 0 Å². The molecule has 0 amide bonds. The molecule has 0 aliphatic heterocycles. The van der Waals surface area contributed by atoms with E-state index in [0.29, 0.717) is 0 Å². The summed E-state index contributed by atoms with van der Waals surface area (Å²) in [5.74, 6) is -7.30. The summed E-state index contributed by atoms with van der Waals surface area (Å²) in [6.45, 7) is 3.70. The SMILES string of the molecule is O=C(O)C(=O)O.O=C(O)C(=O)O.c1ccc(CCCCNCc2cccc(CNCc3c4ccccc4cc4ccccc34)c2)cc1. The standard InChI is InChI=1S/C33H34N2.2C2H2O4/c1-2-11-26(12-3-1)13-8-9-20-34-23-27-14-10-15-28(21-27)24-35-25-33-31-18-6-4-16-29(31)22-30-17-5-7-19-32(30)33;2*3-1(4)2(5)6/h1-7,10-12,14-19,21-22,34-35H,8-9,13,20,23-25H2;2*(H,3,4)(H,5,6). The molecule has 0 saturated carbocycles. The second kappa shape index (κ2) is 19.1. The van der Waals surface area contributed by atoms with E-state index in [1.807, 2.05) is 0 Å². The average Bonchev–Trinajstić information content (AvgIpc) is 3.07. The van der Waals surface area contributed by atoms with Crippen molar-refractivity contribution in [2.24, 2.45) is 0 Å². The van der Waals surface area contributed by atoms with Gasteiger partial charge in [-0.2, -0.15) is 0 Å². The van der Waals surface area contributed by atoms with E-state index >= 15 is 0 Å². The molecule has 0 bridgehead atoms. The first-order chi connectivity index (χ1) is 22.7. The Kier molecular flexibility index (Phi) is 14.5. The number of benzene rings is 5. The number of fused-ring (bicyclic) bond motifs is 2. The highest BCUT2D eigenvalue weighted by Gasteiger charge is 2.08. The molecule has 5 aromatic carbocycles. The van der Waals surface area contributed by atoms with Crippen LogP contribution in [0.2, 0.25) is 0 Å². The highest BCUT2D eigenvalue weighted by molar-refractivity contribution is 6.27. The van der Waals surface area contributed by atoms with E-state index in [-0.39, 0.29) is 0 Å². The number of nitrogens with one attached hydrogen (secondary N) is 2. The van der Waals surface area contributed by atoms with Gasteiger partial charge in [0.25, 0.3) is 0 Å². The van der Waals surface area contributed by atoms with Crippen LogP contribution in [-0.2, 0) is 45.2 Å². The van der Waals surface area contributed by atoms with E-state index in [1.165, 1.54) is 56.6 Å². The Morgan fingerprint density at radius 1 is 0.468 bits per heavy atom. The summed E-state index contributed by atoms with van der Waals surface area (Å²) in [6.07, 6.45) is 3.59. The maximum atomic E-state index is 9.10. The van der Waals surface area contributed by atoms with E-state index in [0.717, 1.165) is 32.6 Å². The third kappa shape index (κ3) is 12.4. The molecule has 244 valence electrons. The van der Waals surface area contributed by atoms with Gasteiger partial charge in [-0.25, -0.2) is 19.2 Å². The minimum Gasteiger partial charge on any atom is -0.473 e. The number of carboxylic acids is 4. The summed E-state index contributed by atoms with van der Waals surface area (Å²) in [5, 5.41) is 42.2. The predicted octanol–water partition coefficient (Wildman–Crippen LogP) is 5.71. The van der Waals surface area contributed by atoms with Crippen molar-refractivity contribution < 1.29 is 39.6 Å². The summed E-state index contributed by atoms with van der Waals surface area (Å²) < 4.78 is 0. The monoisotopic (exact) mass is 638 g/mol. The largest absolute Gasteiger partial charge is 0.473 e. The molecule has 0 atom stereocenters. The van der Waals surface area contributed by atoms with Crippen molar-refractivity contribution in [2.45, 2.75) is 38.9 Å². The summed E-state index contributed by atoms with van der Waals surface area (Å²) in [4.78, 5) is 36.4. The van der Waals surface area contributed by atoms with Gasteiger partial charge < -0.3 is 31.1 Å². The number of unbranched alkanes of at least 4 members (excludes halogenated alkanes) is 1. The lowest BCUT2D eigenvalue weighted by Gasteiger charge is -2.13. The zero-order valence-corrected chi connectivity index (χ0v) is 25.8. The van der Waals surface area contributed by atoms with Gasteiger partial charge in [0.1, 0.15) is 0 Å². The molecular weight excluding hydrogens is 600 g/mol. The maximum Gasteiger partial charge on any atom is 0.414 e. The predicted molar refractivity (Wildman–Crippen MR) is 180 cm³/mol. The first-order valence-corrected chi connectivity index (χ1v) is 15.0. The second-order valence-corrected chi connectivity index (χ2v) is 10.6. The summed E-state index contributed by atoms with van der Waals surface area (Å²) >= 11 is 0. The van der Waals surface area contributed by atoms with Crippen molar-refractivity contribution >= 4 is 45.4 Å². The van der Waals surface area contributed by atoms with Crippen LogP contribution in [0, 0.1) is 0 Å². The minimum absolute atomic E-state index is 0.853. The molecule has 0 radical (unpaired) electrons. The fourth-order valence-electron chi connectivity index (χ4n) is 4.94. The maximum absolute atomic E-state index is 9.10. The lowest BCUT2D eigenvalue weighted by atomic mass is 9.96. The molecule has 0 aliphatic carbocycles. The third-order valence-electron chi connectivity index (χ3n) is 7.11. The number of hydrogen-bond donors (Lipinski definition) is 6. The van der Waals surface area contributed by atoms with Crippen LogP contribution in [0.5, 0.6) is 0 Å². The highest BCUT2D eigenvalue weighted by Crippen LogP contribution is 2.28. The molecule has 10 nitrogen and oxygen atoms in total. The Hall–Kier alpha value is -5.58. The summed E-state index contributed by atoms with van der Waals surface area (Å²) in [6, 6.07) is 39.4. The lowest BCUT2D eigenvalue weighted by Crippen LogP contribution is -2.16. The van der Waals surface area contributed by atoms with Crippen molar-refractivity contribution in [3.63, 3.8) is 0 Å². The number of aryl methyl sites for hydroxylation is 1. The number of carbonyl (C=O) groups is 4. The molecule has 0 aromatic heterocycles. The van der Waals surface area contributed by atoms with Gasteiger partial charge >= 0.3 is 23.9 Å². The molecule has 6 N–H and O–H groups in total. The molecule has 0 aliphatic rings. The fourth-order valence-corrected chi connectivity index (χ4v) is 4.94. The summed E-state index contributed by atoms with van der Waals surface area (Å²) in [5.41, 5.74) is 5.50. The fraction of sp³-hybridized carbons (Fsp3) is 0.189. The van der Waals surface area contributed by atoms with E-state index in [9.17, 15) is 0 Å². The molecule has 5 rings (SSSR count). The van der Waals surface area contributed by atoms with Crippen LogP contribution >= 0.6 is 0 Å². The van der Waals surface area contributed by atoms with Gasteiger partial charge in [0.05, 0.1) is 0 Å². The van der Waals surface area contributed by atoms with Crippen LogP contribution in [-0.4, -0.2) is 50.8 Å². The van der Waals surface area contributed by atoms with Crippen molar-refractivity contribution in [3.05, 3.63) is 131 Å². The van der Waals surface area contributed by atoms with Crippen LogP contribution < -0.4 is 10.6 Å². The number of rotatable bonds is 11. The Morgan fingerprint density at radius 3 is 1.47 bits per heavy atom. The van der Waals surface area contributed by atoms with E-state index in [4.69, 9.17) is 39.6 Å². The first-order valence-electron chi connectivity index (χ1n) is 15.0. The minimum atomic E-state index is -1.82. The van der Waals surface area contributed by atoms with Crippen molar-refractivity contribution in [1.82, 2.24) is 10.6 Å². The van der Waals surface area contributed by atoms with Gasteiger partial charge in [-0.3, -0.25) is 0 Å². The molecule has 5 aromatic rings. The first kappa shape index (κ1) is 35.9. The van der Waals surface area contributed by atoms with Gasteiger partial charge in [-0.05, 0) is 75.7 Å². The van der Waals surface area contributed by atoms with Crippen molar-refractivity contribution in [1.29, 1.82) is 0 Å². The Bertz CT molecular complexity index is 1690. The third-order valence-corrected chi connectivity index (χ3v) is 7.11. The lowest BCUT2D eigenvalue weighted by molar-refractivity contribution is -0.159. The quantitative estimate of drug-likeness (QED) is 0.0598. The van der Waals surface area contributed by atoms with Crippen LogP contribution in [0.3, 0.4) is 0 Å². The topological polar surface area (TPSA) is 173 Å². The van der Waals surface area contributed by atoms with Crippen molar-refractivity contribution in [2.75, 3.05) is 6.54 Å². The van der Waals surface area contributed by atoms with Crippen LogP contribution in [0.1, 0.15) is 35.1 Å².